The first-order chi connectivity index (χ1) is 8.76. The molecule has 1 aliphatic rings. The highest BCUT2D eigenvalue weighted by molar-refractivity contribution is 5.55. The second-order valence-corrected chi connectivity index (χ2v) is 5.18. The van der Waals surface area contributed by atoms with Crippen LogP contribution in [0.4, 0.5) is 5.69 Å². The Morgan fingerprint density at radius 2 is 2.22 bits per heavy atom. The van der Waals surface area contributed by atoms with E-state index >= 15 is 0 Å². The van der Waals surface area contributed by atoms with Gasteiger partial charge in [-0.05, 0) is 44.4 Å². The standard InChI is InChI=1S/C15H24N2O/c1-12(16-2)14-5-3-4-6-15(14)17-9-7-13(11-17)8-10-18/h3-6,12-13,16,18H,7-11H2,1-2H3. The van der Waals surface area contributed by atoms with Crippen molar-refractivity contribution in [3.8, 4) is 0 Å². The van der Waals surface area contributed by atoms with Gasteiger partial charge in [-0.15, -0.1) is 0 Å². The molecule has 18 heavy (non-hydrogen) atoms. The summed E-state index contributed by atoms with van der Waals surface area (Å²) < 4.78 is 0. The fraction of sp³-hybridized carbons (Fsp3) is 0.600. The van der Waals surface area contributed by atoms with E-state index in [0.29, 0.717) is 18.6 Å². The Balaban J connectivity index is 2.14. The Kier molecular flexibility index (Phi) is 4.61. The molecular formula is C15H24N2O. The van der Waals surface area contributed by atoms with Crippen LogP contribution in [0.5, 0.6) is 0 Å². The summed E-state index contributed by atoms with van der Waals surface area (Å²) in [5, 5.41) is 12.4. The van der Waals surface area contributed by atoms with E-state index in [4.69, 9.17) is 5.11 Å². The van der Waals surface area contributed by atoms with Crippen molar-refractivity contribution >= 4 is 5.69 Å². The van der Waals surface area contributed by atoms with Gasteiger partial charge in [-0.2, -0.15) is 0 Å². The van der Waals surface area contributed by atoms with Crippen molar-refractivity contribution in [1.29, 1.82) is 0 Å². The number of nitrogens with one attached hydrogen (secondary N) is 1. The summed E-state index contributed by atoms with van der Waals surface area (Å²) in [5.74, 6) is 0.646. The average Bonchev–Trinajstić information content (AvgIpc) is 2.87. The lowest BCUT2D eigenvalue weighted by Gasteiger charge is -2.24. The molecule has 2 rings (SSSR count). The van der Waals surface area contributed by atoms with Crippen LogP contribution < -0.4 is 10.2 Å². The van der Waals surface area contributed by atoms with E-state index in [1.165, 1.54) is 17.7 Å². The predicted octanol–water partition coefficient (Wildman–Crippen LogP) is 2.18. The van der Waals surface area contributed by atoms with E-state index in [9.17, 15) is 0 Å². The van der Waals surface area contributed by atoms with E-state index in [-0.39, 0.29) is 0 Å². The second-order valence-electron chi connectivity index (χ2n) is 5.18. The average molecular weight is 248 g/mol. The molecule has 3 nitrogen and oxygen atoms in total. The van der Waals surface area contributed by atoms with Gasteiger partial charge in [-0.3, -0.25) is 0 Å². The minimum Gasteiger partial charge on any atom is -0.396 e. The second kappa shape index (κ2) is 6.21. The molecule has 1 aromatic rings. The molecule has 0 bridgehead atoms. The summed E-state index contributed by atoms with van der Waals surface area (Å²) in [4.78, 5) is 2.46. The number of para-hydroxylation sites is 1. The molecule has 1 saturated heterocycles. The van der Waals surface area contributed by atoms with Gasteiger partial charge >= 0.3 is 0 Å². The van der Waals surface area contributed by atoms with Crippen LogP contribution in [0.1, 0.15) is 31.4 Å². The molecule has 1 aromatic carbocycles. The third kappa shape index (κ3) is 2.85. The van der Waals surface area contributed by atoms with Gasteiger partial charge in [0.2, 0.25) is 0 Å². The third-order valence-electron chi connectivity index (χ3n) is 4.00. The molecule has 2 N–H and O–H groups in total. The number of nitrogens with zero attached hydrogens (tertiary/aromatic N) is 1. The summed E-state index contributed by atoms with van der Waals surface area (Å²) in [6.45, 7) is 4.69. The number of anilines is 1. The molecule has 0 radical (unpaired) electrons. The molecule has 3 heteroatoms. The van der Waals surface area contributed by atoms with Gasteiger partial charge in [0.05, 0.1) is 0 Å². The van der Waals surface area contributed by atoms with Gasteiger partial charge < -0.3 is 15.3 Å². The zero-order chi connectivity index (χ0) is 13.0. The Hall–Kier alpha value is -1.06. The predicted molar refractivity (Wildman–Crippen MR) is 75.9 cm³/mol. The van der Waals surface area contributed by atoms with Crippen molar-refractivity contribution in [2.24, 2.45) is 5.92 Å². The van der Waals surface area contributed by atoms with Crippen molar-refractivity contribution in [3.63, 3.8) is 0 Å². The van der Waals surface area contributed by atoms with Crippen molar-refractivity contribution in [1.82, 2.24) is 5.32 Å². The van der Waals surface area contributed by atoms with Gasteiger partial charge in [0.15, 0.2) is 0 Å². The molecule has 2 unspecified atom stereocenters. The summed E-state index contributed by atoms with van der Waals surface area (Å²) in [7, 11) is 2.00. The SMILES string of the molecule is CNC(C)c1ccccc1N1CCC(CCO)C1. The van der Waals surface area contributed by atoms with Crippen LogP contribution in [-0.4, -0.2) is 31.9 Å². The third-order valence-corrected chi connectivity index (χ3v) is 4.00. The number of hydrogen-bond acceptors (Lipinski definition) is 3. The van der Waals surface area contributed by atoms with Gasteiger partial charge in [-0.25, -0.2) is 0 Å². The van der Waals surface area contributed by atoms with E-state index in [1.54, 1.807) is 0 Å². The Morgan fingerprint density at radius 3 is 2.94 bits per heavy atom. The first-order valence-electron chi connectivity index (χ1n) is 6.88. The maximum atomic E-state index is 9.04. The summed E-state index contributed by atoms with van der Waals surface area (Å²) >= 11 is 0. The highest BCUT2D eigenvalue weighted by atomic mass is 16.3. The number of hydrogen-bond donors (Lipinski definition) is 2. The molecule has 0 spiro atoms. The number of aliphatic hydroxyl groups is 1. The van der Waals surface area contributed by atoms with Crippen LogP contribution in [-0.2, 0) is 0 Å². The molecule has 1 fully saturated rings. The maximum absolute atomic E-state index is 9.04. The summed E-state index contributed by atoms with van der Waals surface area (Å²) in [6, 6.07) is 9.01. The monoisotopic (exact) mass is 248 g/mol. The molecule has 2 atom stereocenters. The normalized spacial score (nSPS) is 21.3. The van der Waals surface area contributed by atoms with E-state index < -0.39 is 0 Å². The van der Waals surface area contributed by atoms with Gasteiger partial charge in [0.25, 0.3) is 0 Å². The van der Waals surface area contributed by atoms with Crippen LogP contribution in [0.3, 0.4) is 0 Å². The highest BCUT2D eigenvalue weighted by Crippen LogP contribution is 2.31. The van der Waals surface area contributed by atoms with Crippen LogP contribution in [0.15, 0.2) is 24.3 Å². The van der Waals surface area contributed by atoms with Gasteiger partial charge in [0, 0.05) is 31.4 Å². The minimum absolute atomic E-state index is 0.313. The van der Waals surface area contributed by atoms with Crippen LogP contribution >= 0.6 is 0 Å². The molecule has 1 heterocycles. The maximum Gasteiger partial charge on any atom is 0.0434 e. The summed E-state index contributed by atoms with van der Waals surface area (Å²) in [6.07, 6.45) is 2.13. The zero-order valence-corrected chi connectivity index (χ0v) is 11.4. The highest BCUT2D eigenvalue weighted by Gasteiger charge is 2.24. The number of benzene rings is 1. The quantitative estimate of drug-likeness (QED) is 0.838. The van der Waals surface area contributed by atoms with E-state index in [1.807, 2.05) is 7.05 Å². The Labute approximate surface area is 110 Å². The van der Waals surface area contributed by atoms with E-state index in [0.717, 1.165) is 19.5 Å². The first kappa shape index (κ1) is 13.4. The number of aliphatic hydroxyl groups excluding tert-OH is 1. The molecule has 0 amide bonds. The van der Waals surface area contributed by atoms with Crippen LogP contribution in [0, 0.1) is 5.92 Å². The minimum atomic E-state index is 0.313. The summed E-state index contributed by atoms with van der Waals surface area (Å²) in [5.41, 5.74) is 2.71. The van der Waals surface area contributed by atoms with Gasteiger partial charge in [0.1, 0.15) is 0 Å². The van der Waals surface area contributed by atoms with Crippen molar-refractivity contribution in [3.05, 3.63) is 29.8 Å². The first-order valence-corrected chi connectivity index (χ1v) is 6.88. The lowest BCUT2D eigenvalue weighted by atomic mass is 10.0. The molecule has 0 aromatic heterocycles. The molecule has 0 saturated carbocycles. The van der Waals surface area contributed by atoms with Crippen LogP contribution in [0.2, 0.25) is 0 Å². The lowest BCUT2D eigenvalue weighted by molar-refractivity contribution is 0.263. The lowest BCUT2D eigenvalue weighted by Crippen LogP contribution is -2.23. The molecule has 0 aliphatic carbocycles. The van der Waals surface area contributed by atoms with E-state index in [2.05, 4.69) is 41.4 Å². The molecular weight excluding hydrogens is 224 g/mol. The fourth-order valence-corrected chi connectivity index (χ4v) is 2.77. The van der Waals surface area contributed by atoms with Crippen LogP contribution in [0.25, 0.3) is 0 Å². The zero-order valence-electron chi connectivity index (χ0n) is 11.4. The number of rotatable bonds is 5. The Morgan fingerprint density at radius 1 is 1.44 bits per heavy atom. The van der Waals surface area contributed by atoms with Crippen molar-refractivity contribution in [2.75, 3.05) is 31.6 Å². The van der Waals surface area contributed by atoms with Crippen molar-refractivity contribution < 1.29 is 5.11 Å². The topological polar surface area (TPSA) is 35.5 Å². The Bertz CT molecular complexity index is 381. The smallest absolute Gasteiger partial charge is 0.0434 e. The molecule has 1 aliphatic heterocycles. The van der Waals surface area contributed by atoms with Crippen molar-refractivity contribution in [2.45, 2.75) is 25.8 Å². The largest absolute Gasteiger partial charge is 0.396 e. The fourth-order valence-electron chi connectivity index (χ4n) is 2.77. The van der Waals surface area contributed by atoms with Gasteiger partial charge in [-0.1, -0.05) is 18.2 Å². The molecule has 100 valence electrons.